The highest BCUT2D eigenvalue weighted by molar-refractivity contribution is 8.13. The molecule has 0 aliphatic carbocycles. The van der Waals surface area contributed by atoms with Gasteiger partial charge in [-0.25, -0.2) is 10.1 Å². The monoisotopic (exact) mass is 410 g/mol. The topological polar surface area (TPSA) is 24.8 Å². The zero-order valence-corrected chi connectivity index (χ0v) is 17.8. The zero-order chi connectivity index (χ0) is 19.9. The molecule has 0 unspecified atom stereocenters. The molecule has 0 aliphatic rings. The predicted octanol–water partition coefficient (Wildman–Crippen LogP) is 6.80. The molecule has 3 nitrogen and oxygen atoms in total. The molecule has 0 heterocycles. The second-order valence-corrected chi connectivity index (χ2v) is 7.90. The van der Waals surface area contributed by atoms with E-state index >= 15 is 0 Å². The number of amidine groups is 1. The van der Waals surface area contributed by atoms with Crippen LogP contribution in [0, 0.1) is 13.8 Å². The van der Waals surface area contributed by atoms with E-state index in [1.807, 2.05) is 42.5 Å². The molecule has 0 aromatic heterocycles. The molecule has 0 amide bonds. The maximum atomic E-state index is 6.15. The summed E-state index contributed by atoms with van der Waals surface area (Å²) in [5.41, 5.74) is 4.38. The molecule has 0 bridgehead atoms. The number of hydroxylamine groups is 2. The summed E-state index contributed by atoms with van der Waals surface area (Å²) in [6.07, 6.45) is 0. The van der Waals surface area contributed by atoms with Gasteiger partial charge in [0, 0.05) is 9.92 Å². The van der Waals surface area contributed by atoms with Gasteiger partial charge in [-0.05, 0) is 61.0 Å². The molecule has 5 heteroatoms. The van der Waals surface area contributed by atoms with Crippen molar-refractivity contribution in [2.75, 3.05) is 7.11 Å². The molecular formula is C23H23ClN2OS. The number of rotatable bonds is 5. The minimum Gasteiger partial charge on any atom is -0.275 e. The quantitative estimate of drug-likeness (QED) is 0.200. The van der Waals surface area contributed by atoms with Crippen LogP contribution < -0.4 is 0 Å². The Morgan fingerprint density at radius 1 is 1.00 bits per heavy atom. The third kappa shape index (κ3) is 5.61. The van der Waals surface area contributed by atoms with Crippen molar-refractivity contribution in [3.05, 3.63) is 94.5 Å². The summed E-state index contributed by atoms with van der Waals surface area (Å²) in [6, 6.07) is 24.1. The van der Waals surface area contributed by atoms with E-state index in [1.165, 1.54) is 11.1 Å². The lowest BCUT2D eigenvalue weighted by atomic mass is 10.2. The first-order valence-corrected chi connectivity index (χ1v) is 10.2. The minimum absolute atomic E-state index is 0.592. The van der Waals surface area contributed by atoms with Gasteiger partial charge >= 0.3 is 0 Å². The van der Waals surface area contributed by atoms with Crippen molar-refractivity contribution < 1.29 is 4.84 Å². The number of hydrogen-bond donors (Lipinski definition) is 0. The van der Waals surface area contributed by atoms with Crippen LogP contribution >= 0.6 is 23.4 Å². The number of benzene rings is 3. The van der Waals surface area contributed by atoms with Crippen molar-refractivity contribution in [2.45, 2.75) is 25.3 Å². The summed E-state index contributed by atoms with van der Waals surface area (Å²) in [5.74, 6) is 0. The number of aliphatic imine (C=N–C) groups is 1. The van der Waals surface area contributed by atoms with E-state index in [4.69, 9.17) is 21.4 Å². The Morgan fingerprint density at radius 3 is 2.46 bits per heavy atom. The molecule has 0 fully saturated rings. The van der Waals surface area contributed by atoms with Crippen LogP contribution in [0.25, 0.3) is 0 Å². The first-order valence-electron chi connectivity index (χ1n) is 9.00. The van der Waals surface area contributed by atoms with Gasteiger partial charge < -0.3 is 0 Å². The number of hydrogen-bond acceptors (Lipinski definition) is 3. The Hall–Kier alpha value is -2.27. The maximum Gasteiger partial charge on any atom is 0.193 e. The predicted molar refractivity (Wildman–Crippen MR) is 119 cm³/mol. The standard InChI is InChI=1S/C23H23ClN2OS/c1-17-12-13-22(18(2)14-17)28-23(25-21-11-7-10-20(24)15-21)26(27-3)16-19-8-5-4-6-9-19/h4-15H,16H2,1-3H3. The second kappa shape index (κ2) is 9.78. The fourth-order valence-electron chi connectivity index (χ4n) is 2.76. The first kappa shape index (κ1) is 20.5. The van der Waals surface area contributed by atoms with E-state index in [-0.39, 0.29) is 0 Å². The van der Waals surface area contributed by atoms with Crippen LogP contribution in [0.4, 0.5) is 5.69 Å². The molecule has 0 N–H and O–H groups in total. The molecule has 0 saturated carbocycles. The fraction of sp³-hybridized carbons (Fsp3) is 0.174. The summed E-state index contributed by atoms with van der Waals surface area (Å²) >= 11 is 7.74. The lowest BCUT2D eigenvalue weighted by Gasteiger charge is -2.23. The van der Waals surface area contributed by atoms with Crippen molar-refractivity contribution in [3.8, 4) is 0 Å². The highest BCUT2D eigenvalue weighted by atomic mass is 35.5. The Labute approximate surface area is 176 Å². The Bertz CT molecular complexity index is 960. The van der Waals surface area contributed by atoms with E-state index in [9.17, 15) is 0 Å². The SMILES string of the molecule is CON(Cc1ccccc1)C(=Nc1cccc(Cl)c1)Sc1ccc(C)cc1C. The summed E-state index contributed by atoms with van der Waals surface area (Å²) in [4.78, 5) is 11.7. The molecular weight excluding hydrogens is 388 g/mol. The fourth-order valence-corrected chi connectivity index (χ4v) is 3.89. The zero-order valence-electron chi connectivity index (χ0n) is 16.2. The lowest BCUT2D eigenvalue weighted by molar-refractivity contribution is -0.0686. The maximum absolute atomic E-state index is 6.15. The molecule has 3 rings (SSSR count). The summed E-state index contributed by atoms with van der Waals surface area (Å²) in [6.45, 7) is 4.80. The van der Waals surface area contributed by atoms with Crippen molar-refractivity contribution in [3.63, 3.8) is 0 Å². The summed E-state index contributed by atoms with van der Waals surface area (Å²) in [7, 11) is 1.67. The van der Waals surface area contributed by atoms with Crippen molar-refractivity contribution >= 4 is 34.2 Å². The minimum atomic E-state index is 0.592. The normalized spacial score (nSPS) is 11.5. The molecule has 0 aliphatic heterocycles. The van der Waals surface area contributed by atoms with E-state index in [0.717, 1.165) is 21.3 Å². The average Bonchev–Trinajstić information content (AvgIpc) is 2.68. The number of nitrogens with zero attached hydrogens (tertiary/aromatic N) is 2. The van der Waals surface area contributed by atoms with Crippen LogP contribution in [-0.2, 0) is 11.4 Å². The number of halogens is 1. The van der Waals surface area contributed by atoms with Crippen LogP contribution in [0.5, 0.6) is 0 Å². The van der Waals surface area contributed by atoms with Gasteiger partial charge in [0.2, 0.25) is 0 Å². The molecule has 3 aromatic carbocycles. The lowest BCUT2D eigenvalue weighted by Crippen LogP contribution is -2.27. The number of aryl methyl sites for hydroxylation is 2. The van der Waals surface area contributed by atoms with Crippen LogP contribution in [0.2, 0.25) is 5.02 Å². The highest BCUT2D eigenvalue weighted by Crippen LogP contribution is 2.29. The van der Waals surface area contributed by atoms with Gasteiger partial charge in [-0.3, -0.25) is 4.84 Å². The van der Waals surface area contributed by atoms with Crippen molar-refractivity contribution in [2.24, 2.45) is 4.99 Å². The van der Waals surface area contributed by atoms with E-state index in [0.29, 0.717) is 11.6 Å². The molecule has 0 radical (unpaired) electrons. The van der Waals surface area contributed by atoms with Crippen LogP contribution in [0.1, 0.15) is 16.7 Å². The van der Waals surface area contributed by atoms with Gasteiger partial charge in [-0.15, -0.1) is 0 Å². The smallest absolute Gasteiger partial charge is 0.193 e. The van der Waals surface area contributed by atoms with Crippen molar-refractivity contribution in [1.29, 1.82) is 0 Å². The van der Waals surface area contributed by atoms with E-state index in [1.54, 1.807) is 23.9 Å². The average molecular weight is 411 g/mol. The third-order valence-corrected chi connectivity index (χ3v) is 5.56. The second-order valence-electron chi connectivity index (χ2n) is 6.45. The van der Waals surface area contributed by atoms with E-state index in [2.05, 4.69) is 44.2 Å². The van der Waals surface area contributed by atoms with Crippen LogP contribution in [0.15, 0.2) is 82.7 Å². The van der Waals surface area contributed by atoms with Gasteiger partial charge in [0.25, 0.3) is 0 Å². The Balaban J connectivity index is 1.97. The third-order valence-electron chi connectivity index (χ3n) is 4.17. The first-order chi connectivity index (χ1) is 13.5. The van der Waals surface area contributed by atoms with Gasteiger partial charge in [0.05, 0.1) is 19.3 Å². The molecule has 3 aromatic rings. The van der Waals surface area contributed by atoms with Crippen LogP contribution in [-0.4, -0.2) is 17.3 Å². The Kier molecular flexibility index (Phi) is 7.15. The summed E-state index contributed by atoms with van der Waals surface area (Å²) < 4.78 is 0. The van der Waals surface area contributed by atoms with Gasteiger partial charge in [0.1, 0.15) is 0 Å². The van der Waals surface area contributed by atoms with Crippen molar-refractivity contribution in [1.82, 2.24) is 5.06 Å². The molecule has 0 saturated heterocycles. The van der Waals surface area contributed by atoms with E-state index < -0.39 is 0 Å². The molecule has 28 heavy (non-hydrogen) atoms. The summed E-state index contributed by atoms with van der Waals surface area (Å²) in [5, 5.41) is 3.21. The molecule has 0 spiro atoms. The van der Waals surface area contributed by atoms with Crippen LogP contribution in [0.3, 0.4) is 0 Å². The largest absolute Gasteiger partial charge is 0.275 e. The highest BCUT2D eigenvalue weighted by Gasteiger charge is 2.16. The van der Waals surface area contributed by atoms with Gasteiger partial charge in [-0.1, -0.05) is 65.7 Å². The van der Waals surface area contributed by atoms with Gasteiger partial charge in [-0.2, -0.15) is 0 Å². The number of thioether (sulfide) groups is 1. The molecule has 144 valence electrons. The molecule has 0 atom stereocenters. The Morgan fingerprint density at radius 2 is 1.79 bits per heavy atom. The van der Waals surface area contributed by atoms with Gasteiger partial charge in [0.15, 0.2) is 5.17 Å².